The summed E-state index contributed by atoms with van der Waals surface area (Å²) in [6, 6.07) is 7.69. The molecule has 0 aliphatic rings. The summed E-state index contributed by atoms with van der Waals surface area (Å²) in [4.78, 5) is 0. The molecule has 0 spiro atoms. The molecule has 0 saturated carbocycles. The summed E-state index contributed by atoms with van der Waals surface area (Å²) in [5, 5.41) is 0.683. The first-order chi connectivity index (χ1) is 8.79. The maximum Gasteiger partial charge on any atom is 0.417 e. The van der Waals surface area contributed by atoms with Crippen LogP contribution in [-0.2, 0) is 6.18 Å². The number of rotatable bonds is 1. The zero-order valence-electron chi connectivity index (χ0n) is 9.23. The molecule has 0 N–H and O–H groups in total. The van der Waals surface area contributed by atoms with Crippen molar-refractivity contribution < 1.29 is 13.2 Å². The van der Waals surface area contributed by atoms with Crippen molar-refractivity contribution >= 4 is 34.8 Å². The van der Waals surface area contributed by atoms with Gasteiger partial charge in [0.05, 0.1) is 15.6 Å². The molecule has 0 nitrogen and oxygen atoms in total. The first-order valence-corrected chi connectivity index (χ1v) is 6.24. The molecule has 0 saturated heterocycles. The Kier molecular flexibility index (Phi) is 4.00. The Morgan fingerprint density at radius 2 is 1.47 bits per heavy atom. The van der Waals surface area contributed by atoms with Crippen molar-refractivity contribution in [2.24, 2.45) is 0 Å². The molecule has 2 aromatic rings. The molecule has 0 aliphatic carbocycles. The molecule has 19 heavy (non-hydrogen) atoms. The van der Waals surface area contributed by atoms with Crippen molar-refractivity contribution in [1.82, 2.24) is 0 Å². The van der Waals surface area contributed by atoms with E-state index in [9.17, 15) is 13.2 Å². The first-order valence-electron chi connectivity index (χ1n) is 5.11. The fourth-order valence-electron chi connectivity index (χ4n) is 1.67. The molecule has 0 heterocycles. The van der Waals surface area contributed by atoms with Gasteiger partial charge in [-0.2, -0.15) is 13.2 Å². The summed E-state index contributed by atoms with van der Waals surface area (Å²) in [6.45, 7) is 0. The molecule has 0 fully saturated rings. The third kappa shape index (κ3) is 3.16. The quantitative estimate of drug-likeness (QED) is 0.574. The van der Waals surface area contributed by atoms with E-state index in [0.29, 0.717) is 5.56 Å². The number of hydrogen-bond donors (Lipinski definition) is 0. The molecule has 0 atom stereocenters. The van der Waals surface area contributed by atoms with Crippen LogP contribution in [0.4, 0.5) is 13.2 Å². The second kappa shape index (κ2) is 5.23. The van der Waals surface area contributed by atoms with Gasteiger partial charge in [0.2, 0.25) is 0 Å². The van der Waals surface area contributed by atoms with Crippen LogP contribution in [-0.4, -0.2) is 0 Å². The highest BCUT2D eigenvalue weighted by Gasteiger charge is 2.33. The highest BCUT2D eigenvalue weighted by atomic mass is 35.5. The van der Waals surface area contributed by atoms with Crippen LogP contribution in [0, 0.1) is 0 Å². The average Bonchev–Trinajstić information content (AvgIpc) is 2.31. The molecule has 0 aromatic heterocycles. The van der Waals surface area contributed by atoms with Gasteiger partial charge >= 0.3 is 6.18 Å². The summed E-state index contributed by atoms with van der Waals surface area (Å²) < 4.78 is 38.8. The topological polar surface area (TPSA) is 0 Å². The van der Waals surface area contributed by atoms with Gasteiger partial charge < -0.3 is 0 Å². The van der Waals surface area contributed by atoms with E-state index in [-0.39, 0.29) is 20.6 Å². The van der Waals surface area contributed by atoms with Gasteiger partial charge in [0.1, 0.15) is 0 Å². The second-order valence-corrected chi connectivity index (χ2v) is 5.07. The Morgan fingerprint density at radius 1 is 0.789 bits per heavy atom. The van der Waals surface area contributed by atoms with E-state index in [1.54, 1.807) is 0 Å². The molecule has 0 aliphatic heterocycles. The van der Waals surface area contributed by atoms with Gasteiger partial charge in [-0.05, 0) is 41.5 Å². The average molecular weight is 326 g/mol. The van der Waals surface area contributed by atoms with Gasteiger partial charge in [0.15, 0.2) is 0 Å². The summed E-state index contributed by atoms with van der Waals surface area (Å²) in [5.41, 5.74) is -0.488. The van der Waals surface area contributed by atoms with E-state index in [0.717, 1.165) is 6.07 Å². The van der Waals surface area contributed by atoms with E-state index in [4.69, 9.17) is 34.8 Å². The summed E-state index contributed by atoms with van der Waals surface area (Å²) >= 11 is 17.3. The zero-order chi connectivity index (χ0) is 14.2. The fraction of sp³-hybridized carbons (Fsp3) is 0.0769. The fourth-order valence-corrected chi connectivity index (χ4v) is 2.14. The minimum Gasteiger partial charge on any atom is -0.166 e. The molecule has 0 bridgehead atoms. The number of halogens is 6. The smallest absolute Gasteiger partial charge is 0.166 e. The third-order valence-electron chi connectivity index (χ3n) is 2.52. The highest BCUT2D eigenvalue weighted by Crippen LogP contribution is 2.39. The summed E-state index contributed by atoms with van der Waals surface area (Å²) in [6.07, 6.45) is -4.47. The van der Waals surface area contributed by atoms with Crippen LogP contribution in [0.15, 0.2) is 36.4 Å². The van der Waals surface area contributed by atoms with Crippen LogP contribution in [0.3, 0.4) is 0 Å². The number of alkyl halides is 3. The Balaban J connectivity index is 2.66. The minimum atomic E-state index is -4.47. The van der Waals surface area contributed by atoms with Crippen LogP contribution in [0.1, 0.15) is 5.56 Å². The predicted octanol–water partition coefficient (Wildman–Crippen LogP) is 6.33. The maximum absolute atomic E-state index is 12.9. The zero-order valence-corrected chi connectivity index (χ0v) is 11.5. The van der Waals surface area contributed by atoms with Crippen molar-refractivity contribution in [3.63, 3.8) is 0 Å². The van der Waals surface area contributed by atoms with Crippen molar-refractivity contribution in [1.29, 1.82) is 0 Å². The number of benzene rings is 2. The standard InChI is InChI=1S/C13H6Cl3F3/c14-8-2-3-10(13(17,18)19)9(6-8)7-1-4-11(15)12(16)5-7/h1-6H. The van der Waals surface area contributed by atoms with Gasteiger partial charge in [-0.25, -0.2) is 0 Å². The van der Waals surface area contributed by atoms with Crippen LogP contribution >= 0.6 is 34.8 Å². The Labute approximate surface area is 122 Å². The molecule has 0 radical (unpaired) electrons. The Morgan fingerprint density at radius 3 is 2.05 bits per heavy atom. The monoisotopic (exact) mass is 324 g/mol. The highest BCUT2D eigenvalue weighted by molar-refractivity contribution is 6.42. The molecule has 0 unspecified atom stereocenters. The lowest BCUT2D eigenvalue weighted by Crippen LogP contribution is -2.07. The Hall–Kier alpha value is -0.900. The molecule has 6 heteroatoms. The van der Waals surface area contributed by atoms with E-state index in [2.05, 4.69) is 0 Å². The maximum atomic E-state index is 12.9. The summed E-state index contributed by atoms with van der Waals surface area (Å²) in [5.74, 6) is 0. The van der Waals surface area contributed by atoms with Gasteiger partial charge in [-0.3, -0.25) is 0 Å². The van der Waals surface area contributed by atoms with Crippen LogP contribution in [0.25, 0.3) is 11.1 Å². The molecular weight excluding hydrogens is 319 g/mol. The molecule has 2 aromatic carbocycles. The first kappa shape index (κ1) is 14.5. The largest absolute Gasteiger partial charge is 0.417 e. The lowest BCUT2D eigenvalue weighted by molar-refractivity contribution is -0.137. The van der Waals surface area contributed by atoms with Gasteiger partial charge in [0.25, 0.3) is 0 Å². The van der Waals surface area contributed by atoms with Crippen molar-refractivity contribution in [3.8, 4) is 11.1 Å². The minimum absolute atomic E-state index is 0.0291. The summed E-state index contributed by atoms with van der Waals surface area (Å²) in [7, 11) is 0. The lowest BCUT2D eigenvalue weighted by atomic mass is 9.99. The predicted molar refractivity (Wildman–Crippen MR) is 71.9 cm³/mol. The van der Waals surface area contributed by atoms with E-state index >= 15 is 0 Å². The SMILES string of the molecule is FC(F)(F)c1ccc(Cl)cc1-c1ccc(Cl)c(Cl)c1. The van der Waals surface area contributed by atoms with Crippen molar-refractivity contribution in [2.45, 2.75) is 6.18 Å². The van der Waals surface area contributed by atoms with E-state index in [1.807, 2.05) is 0 Å². The van der Waals surface area contributed by atoms with Crippen LogP contribution in [0.2, 0.25) is 15.1 Å². The van der Waals surface area contributed by atoms with Gasteiger partial charge in [-0.1, -0.05) is 40.9 Å². The van der Waals surface area contributed by atoms with E-state index in [1.165, 1.54) is 30.3 Å². The molecule has 0 amide bonds. The van der Waals surface area contributed by atoms with Crippen molar-refractivity contribution in [3.05, 3.63) is 57.0 Å². The third-order valence-corrected chi connectivity index (χ3v) is 3.49. The Bertz CT molecular complexity index is 621. The van der Waals surface area contributed by atoms with Crippen LogP contribution < -0.4 is 0 Å². The van der Waals surface area contributed by atoms with E-state index < -0.39 is 11.7 Å². The van der Waals surface area contributed by atoms with Gasteiger partial charge in [-0.15, -0.1) is 0 Å². The number of hydrogen-bond acceptors (Lipinski definition) is 0. The molecule has 2 rings (SSSR count). The normalized spacial score (nSPS) is 11.7. The van der Waals surface area contributed by atoms with Crippen molar-refractivity contribution in [2.75, 3.05) is 0 Å². The molecular formula is C13H6Cl3F3. The molecule has 100 valence electrons. The second-order valence-electron chi connectivity index (χ2n) is 3.82. The van der Waals surface area contributed by atoms with Crippen LogP contribution in [0.5, 0.6) is 0 Å². The lowest BCUT2D eigenvalue weighted by Gasteiger charge is -2.13. The van der Waals surface area contributed by atoms with Gasteiger partial charge in [0, 0.05) is 5.02 Å².